The molecule has 2 aliphatic heterocycles. The first-order chi connectivity index (χ1) is 18.1. The first-order valence-electron chi connectivity index (χ1n) is 13.0. The van der Waals surface area contributed by atoms with Gasteiger partial charge in [0.1, 0.15) is 5.65 Å². The van der Waals surface area contributed by atoms with Crippen molar-refractivity contribution in [2.75, 3.05) is 42.5 Å². The second kappa shape index (κ2) is 12.0. The van der Waals surface area contributed by atoms with Crippen LogP contribution in [0.1, 0.15) is 41.7 Å². The van der Waals surface area contributed by atoms with E-state index in [1.165, 1.54) is 12.7 Å². The second-order valence-corrected chi connectivity index (χ2v) is 10.9. The predicted octanol–water partition coefficient (Wildman–Crippen LogP) is 4.74. The molecule has 3 aromatic rings. The molecule has 2 fully saturated rings. The number of nitrogens with zero attached hydrogens (tertiary/aromatic N) is 2. The fourth-order valence-corrected chi connectivity index (χ4v) is 6.19. The van der Waals surface area contributed by atoms with Crippen molar-refractivity contribution in [3.8, 4) is 0 Å². The summed E-state index contributed by atoms with van der Waals surface area (Å²) < 4.78 is 12.5. The molecule has 1 aromatic carbocycles. The number of hydrogen-bond donors (Lipinski definition) is 2. The molecule has 2 saturated heterocycles. The summed E-state index contributed by atoms with van der Waals surface area (Å²) in [6.07, 6.45) is 6.36. The molecule has 0 aliphatic carbocycles. The van der Waals surface area contributed by atoms with Crippen LogP contribution in [0.3, 0.4) is 0 Å². The van der Waals surface area contributed by atoms with E-state index < -0.39 is 5.97 Å². The van der Waals surface area contributed by atoms with Crippen LogP contribution in [0.25, 0.3) is 11.0 Å². The summed E-state index contributed by atoms with van der Waals surface area (Å²) in [6.45, 7) is 1.52. The van der Waals surface area contributed by atoms with Crippen molar-refractivity contribution in [1.82, 2.24) is 9.55 Å². The van der Waals surface area contributed by atoms with Crippen molar-refractivity contribution in [3.05, 3.63) is 53.9 Å². The van der Waals surface area contributed by atoms with E-state index in [1.807, 2.05) is 46.8 Å². The van der Waals surface area contributed by atoms with Crippen LogP contribution in [0.5, 0.6) is 0 Å². The molecule has 0 spiro atoms. The largest absolute Gasteiger partial charge is 0.464 e. The first-order valence-corrected chi connectivity index (χ1v) is 14.2. The van der Waals surface area contributed by atoms with Gasteiger partial charge >= 0.3 is 5.97 Å². The lowest BCUT2D eigenvalue weighted by molar-refractivity contribution is -0.119. The molecule has 1 amide bonds. The van der Waals surface area contributed by atoms with E-state index in [0.717, 1.165) is 48.3 Å². The van der Waals surface area contributed by atoms with E-state index in [0.29, 0.717) is 49.2 Å². The number of aryl methyl sites for hydroxylation is 2. The van der Waals surface area contributed by atoms with E-state index in [4.69, 9.17) is 14.5 Å². The zero-order chi connectivity index (χ0) is 25.6. The number of fused-ring (bicyclic) bond motifs is 1. The lowest BCUT2D eigenvalue weighted by atomic mass is 10.1. The number of esters is 1. The molecule has 8 nitrogen and oxygen atoms in total. The number of nitrogens with one attached hydrogen (secondary N) is 2. The lowest BCUT2D eigenvalue weighted by Crippen LogP contribution is -2.24. The Kier molecular flexibility index (Phi) is 8.31. The molecule has 0 bridgehead atoms. The number of thioether (sulfide) groups is 1. The Balaban J connectivity index is 1.50. The smallest absolute Gasteiger partial charge is 0.356 e. The average Bonchev–Trinajstić information content (AvgIpc) is 3.57. The van der Waals surface area contributed by atoms with Gasteiger partial charge in [-0.2, -0.15) is 11.8 Å². The van der Waals surface area contributed by atoms with Crippen LogP contribution >= 0.6 is 11.8 Å². The monoisotopic (exact) mass is 522 g/mol. The number of methoxy groups -OCH3 is 1. The Morgan fingerprint density at radius 1 is 1.19 bits per heavy atom. The van der Waals surface area contributed by atoms with E-state index in [-0.39, 0.29) is 11.8 Å². The summed E-state index contributed by atoms with van der Waals surface area (Å²) in [5.41, 5.74) is 3.59. The number of carbonyl (C=O) groups excluding carboxylic acids is 2. The minimum atomic E-state index is -0.491. The van der Waals surface area contributed by atoms with Crippen LogP contribution in [0.15, 0.2) is 42.6 Å². The topological polar surface area (TPSA) is 94.5 Å². The maximum atomic E-state index is 13.1. The zero-order valence-electron chi connectivity index (χ0n) is 21.2. The summed E-state index contributed by atoms with van der Waals surface area (Å²) in [5.74, 6) is 1.41. The van der Waals surface area contributed by atoms with Gasteiger partial charge in [0, 0.05) is 24.6 Å². The third-order valence-electron chi connectivity index (χ3n) is 7.11. The molecule has 1 atom stereocenters. The third kappa shape index (κ3) is 5.93. The third-order valence-corrected chi connectivity index (χ3v) is 8.16. The van der Waals surface area contributed by atoms with Gasteiger partial charge in [-0.05, 0) is 55.2 Å². The quantitative estimate of drug-likeness (QED) is 0.392. The fraction of sp³-hybridized carbons (Fsp3) is 0.464. The van der Waals surface area contributed by atoms with Crippen LogP contribution in [-0.4, -0.2) is 59.3 Å². The molecule has 1 unspecified atom stereocenters. The highest BCUT2D eigenvalue weighted by Crippen LogP contribution is 2.34. The molecule has 2 aromatic heterocycles. The van der Waals surface area contributed by atoms with Crippen molar-refractivity contribution in [3.63, 3.8) is 0 Å². The number of amides is 1. The molecule has 2 N–H and O–H groups in total. The van der Waals surface area contributed by atoms with Crippen LogP contribution in [0, 0.1) is 5.92 Å². The van der Waals surface area contributed by atoms with Gasteiger partial charge < -0.3 is 24.7 Å². The predicted molar refractivity (Wildman–Crippen MR) is 147 cm³/mol. The maximum absolute atomic E-state index is 13.1. The molecule has 9 heteroatoms. The fourth-order valence-electron chi connectivity index (χ4n) is 5.09. The first kappa shape index (κ1) is 25.6. The number of ether oxygens (including phenoxy) is 2. The molecule has 0 radical (unpaired) electrons. The van der Waals surface area contributed by atoms with Crippen LogP contribution in [0.4, 0.5) is 11.4 Å². The summed E-state index contributed by atoms with van der Waals surface area (Å²) in [4.78, 5) is 31.0. The van der Waals surface area contributed by atoms with Gasteiger partial charge in [0.2, 0.25) is 5.91 Å². The van der Waals surface area contributed by atoms with Gasteiger partial charge in [-0.25, -0.2) is 9.78 Å². The summed E-state index contributed by atoms with van der Waals surface area (Å²) in [7, 11) is 1.37. The summed E-state index contributed by atoms with van der Waals surface area (Å²) >= 11 is 1.98. The summed E-state index contributed by atoms with van der Waals surface area (Å²) in [6, 6.07) is 12.7. The lowest BCUT2D eigenvalue weighted by Gasteiger charge is -2.23. The van der Waals surface area contributed by atoms with Crippen molar-refractivity contribution in [1.29, 1.82) is 0 Å². The molecule has 4 heterocycles. The van der Waals surface area contributed by atoms with Crippen LogP contribution < -0.4 is 10.6 Å². The Morgan fingerprint density at radius 3 is 2.73 bits per heavy atom. The van der Waals surface area contributed by atoms with Crippen LogP contribution in [-0.2, 0) is 27.2 Å². The normalized spacial score (nSPS) is 18.1. The number of hydrogen-bond acceptors (Lipinski definition) is 7. The SMILES string of the molecule is COC(=O)c1c(NC(=O)C2CCOC2)c2cc(NC3CCSCC3)cnc2n1CCCc1ccccc1. The number of pyridine rings is 1. The average molecular weight is 523 g/mol. The van der Waals surface area contributed by atoms with E-state index in [9.17, 15) is 9.59 Å². The Hall–Kier alpha value is -3.04. The van der Waals surface area contributed by atoms with Crippen molar-refractivity contribution < 1.29 is 19.1 Å². The number of anilines is 2. The minimum Gasteiger partial charge on any atom is -0.464 e. The molecule has 2 aliphatic rings. The highest BCUT2D eigenvalue weighted by molar-refractivity contribution is 7.99. The zero-order valence-corrected chi connectivity index (χ0v) is 22.0. The molecule has 5 rings (SSSR count). The maximum Gasteiger partial charge on any atom is 0.356 e. The molecule has 37 heavy (non-hydrogen) atoms. The number of carbonyl (C=O) groups is 2. The van der Waals surface area contributed by atoms with Gasteiger partial charge in [-0.1, -0.05) is 30.3 Å². The Bertz CT molecular complexity index is 1230. The van der Waals surface area contributed by atoms with Crippen molar-refractivity contribution in [2.24, 2.45) is 5.92 Å². The standard InChI is InChI=1S/C28H34N4O4S/c1-35-28(34)25-24(31-27(33)20-9-13-36-18-20)23-16-22(30-21-10-14-37-15-11-21)17-29-26(23)32(25)12-5-8-19-6-3-2-4-7-19/h2-4,6-7,16-17,20-21,30H,5,8-15,18H2,1H3,(H,31,33). The van der Waals surface area contributed by atoms with Gasteiger partial charge in [0.25, 0.3) is 0 Å². The number of aromatic nitrogens is 2. The van der Waals surface area contributed by atoms with Gasteiger partial charge in [0.05, 0.1) is 37.2 Å². The summed E-state index contributed by atoms with van der Waals surface area (Å²) in [5, 5.41) is 7.41. The number of rotatable bonds is 9. The molecule has 0 saturated carbocycles. The van der Waals surface area contributed by atoms with Gasteiger partial charge in [-0.3, -0.25) is 4.79 Å². The van der Waals surface area contributed by atoms with E-state index in [1.54, 1.807) is 0 Å². The molecular weight excluding hydrogens is 488 g/mol. The highest BCUT2D eigenvalue weighted by Gasteiger charge is 2.30. The highest BCUT2D eigenvalue weighted by atomic mass is 32.2. The Labute approximate surface area is 221 Å². The Morgan fingerprint density at radius 2 is 2.00 bits per heavy atom. The minimum absolute atomic E-state index is 0.145. The van der Waals surface area contributed by atoms with Gasteiger partial charge in [-0.15, -0.1) is 0 Å². The number of benzene rings is 1. The molecule has 196 valence electrons. The van der Waals surface area contributed by atoms with Gasteiger partial charge in [0.15, 0.2) is 5.69 Å². The van der Waals surface area contributed by atoms with Crippen LogP contribution in [0.2, 0.25) is 0 Å². The molecular formula is C28H34N4O4S. The second-order valence-electron chi connectivity index (χ2n) is 9.63. The van der Waals surface area contributed by atoms with Crippen molar-refractivity contribution in [2.45, 2.75) is 44.7 Å². The van der Waals surface area contributed by atoms with Crippen molar-refractivity contribution >= 4 is 46.0 Å². The van der Waals surface area contributed by atoms with E-state index in [2.05, 4.69) is 22.8 Å². The van der Waals surface area contributed by atoms with E-state index >= 15 is 0 Å².